The number of hydrogen-bond acceptors (Lipinski definition) is 4. The molecule has 0 saturated carbocycles. The molecule has 7 heteroatoms. The summed E-state index contributed by atoms with van der Waals surface area (Å²) < 4.78 is 0. The third kappa shape index (κ3) is 4.26. The zero-order valence-electron chi connectivity index (χ0n) is 15.7. The summed E-state index contributed by atoms with van der Waals surface area (Å²) in [5, 5.41) is 5.96. The molecule has 146 valence electrons. The van der Waals surface area contributed by atoms with Gasteiger partial charge in [-0.15, -0.1) is 11.3 Å². The number of carbonyl (C=O) groups is 2. The molecule has 0 spiro atoms. The normalized spacial score (nSPS) is 15.1. The van der Waals surface area contributed by atoms with Gasteiger partial charge in [-0.2, -0.15) is 0 Å². The van der Waals surface area contributed by atoms with Crippen molar-refractivity contribution in [2.75, 3.05) is 32.7 Å². The van der Waals surface area contributed by atoms with Crippen molar-refractivity contribution in [2.45, 2.75) is 13.0 Å². The van der Waals surface area contributed by atoms with Crippen LogP contribution in [0.2, 0.25) is 0 Å². The van der Waals surface area contributed by atoms with Crippen LogP contribution in [0.4, 0.5) is 0 Å². The third-order valence-electron chi connectivity index (χ3n) is 5.22. The van der Waals surface area contributed by atoms with Gasteiger partial charge in [-0.05, 0) is 34.9 Å². The van der Waals surface area contributed by atoms with Gasteiger partial charge in [-0.25, -0.2) is 0 Å². The van der Waals surface area contributed by atoms with Crippen molar-refractivity contribution in [3.8, 4) is 0 Å². The second-order valence-corrected chi connectivity index (χ2v) is 8.04. The van der Waals surface area contributed by atoms with E-state index in [1.807, 2.05) is 30.5 Å². The molecule has 1 saturated heterocycles. The van der Waals surface area contributed by atoms with Gasteiger partial charge in [0.1, 0.15) is 0 Å². The first kappa shape index (κ1) is 18.7. The molecule has 1 fully saturated rings. The number of hydrogen-bond donors (Lipinski definition) is 2. The molecule has 1 aromatic carbocycles. The van der Waals surface area contributed by atoms with E-state index in [1.54, 1.807) is 16.2 Å². The number of para-hydroxylation sites is 1. The van der Waals surface area contributed by atoms with Gasteiger partial charge in [0.25, 0.3) is 0 Å². The average Bonchev–Trinajstić information content (AvgIpc) is 3.42. The molecular weight excluding hydrogens is 372 g/mol. The molecule has 1 aliphatic rings. The van der Waals surface area contributed by atoms with Crippen LogP contribution >= 0.6 is 11.3 Å². The van der Waals surface area contributed by atoms with Crippen LogP contribution in [-0.2, 0) is 22.6 Å². The SMILES string of the molecule is O=C(NCc1cccc2cc[nH]c12)C(=O)N1CCN(CCc2cccs2)CC1. The number of H-pyrrole nitrogens is 1. The molecule has 2 amide bonds. The topological polar surface area (TPSA) is 68.4 Å². The first-order valence-corrected chi connectivity index (χ1v) is 10.5. The number of rotatable bonds is 5. The summed E-state index contributed by atoms with van der Waals surface area (Å²) in [5.41, 5.74) is 1.97. The van der Waals surface area contributed by atoms with Crippen molar-refractivity contribution < 1.29 is 9.59 Å². The van der Waals surface area contributed by atoms with Crippen LogP contribution in [0.15, 0.2) is 48.0 Å². The van der Waals surface area contributed by atoms with E-state index < -0.39 is 11.8 Å². The lowest BCUT2D eigenvalue weighted by molar-refractivity contribution is -0.147. The summed E-state index contributed by atoms with van der Waals surface area (Å²) >= 11 is 1.78. The fourth-order valence-corrected chi connectivity index (χ4v) is 4.29. The van der Waals surface area contributed by atoms with Crippen LogP contribution < -0.4 is 5.32 Å². The smallest absolute Gasteiger partial charge is 0.311 e. The summed E-state index contributed by atoms with van der Waals surface area (Å²) in [5.74, 6) is -0.966. The molecule has 0 radical (unpaired) electrons. The lowest BCUT2D eigenvalue weighted by Crippen LogP contribution is -2.52. The number of nitrogens with zero attached hydrogens (tertiary/aromatic N) is 2. The lowest BCUT2D eigenvalue weighted by atomic mass is 10.1. The maximum atomic E-state index is 12.5. The van der Waals surface area contributed by atoms with Gasteiger partial charge in [-0.3, -0.25) is 14.5 Å². The number of thiophene rings is 1. The Morgan fingerprint density at radius 3 is 2.71 bits per heavy atom. The molecule has 2 N–H and O–H groups in total. The minimum absolute atomic E-state index is 0.337. The van der Waals surface area contributed by atoms with Crippen LogP contribution in [0.1, 0.15) is 10.4 Å². The lowest BCUT2D eigenvalue weighted by Gasteiger charge is -2.34. The number of fused-ring (bicyclic) bond motifs is 1. The molecule has 2 aromatic heterocycles. The van der Waals surface area contributed by atoms with Crippen molar-refractivity contribution in [1.29, 1.82) is 0 Å². The van der Waals surface area contributed by atoms with Crippen LogP contribution in [-0.4, -0.2) is 59.3 Å². The highest BCUT2D eigenvalue weighted by atomic mass is 32.1. The number of carbonyl (C=O) groups excluding carboxylic acids is 2. The number of piperazine rings is 1. The number of nitrogens with one attached hydrogen (secondary N) is 2. The summed E-state index contributed by atoms with van der Waals surface area (Å²) in [4.78, 5) is 33.4. The highest BCUT2D eigenvalue weighted by Crippen LogP contribution is 2.16. The predicted molar refractivity (Wildman–Crippen MR) is 111 cm³/mol. The number of amides is 2. The first-order chi connectivity index (χ1) is 13.7. The van der Waals surface area contributed by atoms with E-state index in [-0.39, 0.29) is 0 Å². The minimum atomic E-state index is -0.532. The van der Waals surface area contributed by atoms with E-state index in [2.05, 4.69) is 32.7 Å². The van der Waals surface area contributed by atoms with Crippen LogP contribution in [0, 0.1) is 0 Å². The third-order valence-corrected chi connectivity index (χ3v) is 6.16. The van der Waals surface area contributed by atoms with Gasteiger partial charge in [0.15, 0.2) is 0 Å². The van der Waals surface area contributed by atoms with E-state index in [9.17, 15) is 9.59 Å². The number of aromatic nitrogens is 1. The number of aromatic amines is 1. The predicted octanol–water partition coefficient (Wildman–Crippen LogP) is 2.23. The molecule has 3 aromatic rings. The molecular formula is C21H24N4O2S. The summed E-state index contributed by atoms with van der Waals surface area (Å²) in [6, 6.07) is 12.1. The van der Waals surface area contributed by atoms with Crippen LogP contribution in [0.5, 0.6) is 0 Å². The molecule has 0 atom stereocenters. The first-order valence-electron chi connectivity index (χ1n) is 9.57. The quantitative estimate of drug-likeness (QED) is 0.650. The average molecular weight is 397 g/mol. The Bertz CT molecular complexity index is 942. The van der Waals surface area contributed by atoms with Gasteiger partial charge < -0.3 is 15.2 Å². The summed E-state index contributed by atoms with van der Waals surface area (Å²) in [7, 11) is 0. The van der Waals surface area contributed by atoms with Crippen molar-refractivity contribution in [1.82, 2.24) is 20.1 Å². The maximum Gasteiger partial charge on any atom is 0.311 e. The molecule has 1 aliphatic heterocycles. The monoisotopic (exact) mass is 396 g/mol. The Hall–Kier alpha value is -2.64. The molecule has 0 aliphatic carbocycles. The second-order valence-electron chi connectivity index (χ2n) is 7.00. The highest BCUT2D eigenvalue weighted by Gasteiger charge is 2.25. The zero-order valence-corrected chi connectivity index (χ0v) is 16.5. The van der Waals surface area contributed by atoms with Gasteiger partial charge in [-0.1, -0.05) is 24.3 Å². The molecule has 0 unspecified atom stereocenters. The highest BCUT2D eigenvalue weighted by molar-refractivity contribution is 7.09. The Morgan fingerprint density at radius 1 is 1.07 bits per heavy atom. The molecule has 0 bridgehead atoms. The molecule has 4 rings (SSSR count). The van der Waals surface area contributed by atoms with Crippen molar-refractivity contribution in [2.24, 2.45) is 0 Å². The van der Waals surface area contributed by atoms with Gasteiger partial charge in [0, 0.05) is 50.3 Å². The maximum absolute atomic E-state index is 12.5. The zero-order chi connectivity index (χ0) is 19.3. The fraction of sp³-hybridized carbons (Fsp3) is 0.333. The van der Waals surface area contributed by atoms with E-state index >= 15 is 0 Å². The molecule has 3 heterocycles. The van der Waals surface area contributed by atoms with Crippen molar-refractivity contribution in [3.63, 3.8) is 0 Å². The molecule has 6 nitrogen and oxygen atoms in total. The Labute approximate surface area is 168 Å². The van der Waals surface area contributed by atoms with E-state index in [4.69, 9.17) is 0 Å². The van der Waals surface area contributed by atoms with Crippen molar-refractivity contribution in [3.05, 3.63) is 58.4 Å². The number of benzene rings is 1. The Morgan fingerprint density at radius 2 is 1.93 bits per heavy atom. The van der Waals surface area contributed by atoms with Crippen LogP contribution in [0.25, 0.3) is 10.9 Å². The Kier molecular flexibility index (Phi) is 5.73. The van der Waals surface area contributed by atoms with Gasteiger partial charge in [0.2, 0.25) is 0 Å². The van der Waals surface area contributed by atoms with E-state index in [0.29, 0.717) is 19.6 Å². The van der Waals surface area contributed by atoms with E-state index in [1.165, 1.54) is 4.88 Å². The Balaban J connectivity index is 1.24. The van der Waals surface area contributed by atoms with E-state index in [0.717, 1.165) is 42.5 Å². The van der Waals surface area contributed by atoms with Crippen LogP contribution in [0.3, 0.4) is 0 Å². The largest absolute Gasteiger partial charge is 0.361 e. The summed E-state index contributed by atoms with van der Waals surface area (Å²) in [6.45, 7) is 4.16. The van der Waals surface area contributed by atoms with Gasteiger partial charge >= 0.3 is 11.8 Å². The minimum Gasteiger partial charge on any atom is -0.361 e. The standard InChI is InChI=1S/C21H24N4O2S/c26-20(23-15-17-4-1-3-16-6-8-22-19(16)17)21(27)25-12-10-24(11-13-25)9-7-18-5-2-14-28-18/h1-6,8,14,22H,7,9-13,15H2,(H,23,26). The van der Waals surface area contributed by atoms with Crippen molar-refractivity contribution >= 4 is 34.1 Å². The molecule has 28 heavy (non-hydrogen) atoms. The summed E-state index contributed by atoms with van der Waals surface area (Å²) in [6.07, 6.45) is 2.91. The second kappa shape index (κ2) is 8.58. The fourth-order valence-electron chi connectivity index (χ4n) is 3.59. The van der Waals surface area contributed by atoms with Gasteiger partial charge in [0.05, 0.1) is 5.52 Å².